The van der Waals surface area contributed by atoms with E-state index in [9.17, 15) is 19.7 Å². The van der Waals surface area contributed by atoms with Gasteiger partial charge in [-0.15, -0.1) is 0 Å². The third-order valence-electron chi connectivity index (χ3n) is 4.39. The van der Waals surface area contributed by atoms with E-state index in [1.54, 1.807) is 6.20 Å². The number of carbonyl (C=O) groups is 2. The number of non-ortho nitro benzene ring substituents is 1. The second-order valence-corrected chi connectivity index (χ2v) is 6.28. The van der Waals surface area contributed by atoms with Crippen LogP contribution in [-0.4, -0.2) is 35.1 Å². The van der Waals surface area contributed by atoms with Gasteiger partial charge in [-0.1, -0.05) is 18.2 Å². The number of aromatic amines is 1. The van der Waals surface area contributed by atoms with Gasteiger partial charge < -0.3 is 19.8 Å². The number of alkyl carbamates (subject to hydrolysis) is 1. The maximum Gasteiger partial charge on any atom is 0.408 e. The molecule has 0 radical (unpaired) electrons. The molecule has 0 aliphatic carbocycles. The van der Waals surface area contributed by atoms with Crippen LogP contribution >= 0.6 is 0 Å². The third kappa shape index (κ3) is 4.89. The van der Waals surface area contributed by atoms with Crippen molar-refractivity contribution < 1.29 is 24.0 Å². The van der Waals surface area contributed by atoms with Crippen molar-refractivity contribution in [1.29, 1.82) is 0 Å². The standard InChI is InChI=1S/C20H19N3O6/c1-28-19(24)18(10-14-11-21-17-5-3-2-4-16(14)17)22-20(25)29-12-13-6-8-15(9-7-13)23(26)27/h2-9,11,18,21H,10,12H2,1H3,(H,22,25)/t18-/m0/s1. The molecule has 0 saturated carbocycles. The fraction of sp³-hybridized carbons (Fsp3) is 0.200. The normalized spacial score (nSPS) is 11.6. The number of hydrogen-bond acceptors (Lipinski definition) is 6. The number of hydrogen-bond donors (Lipinski definition) is 2. The molecule has 0 saturated heterocycles. The number of nitrogens with zero attached hydrogens (tertiary/aromatic N) is 1. The number of aromatic nitrogens is 1. The lowest BCUT2D eigenvalue weighted by molar-refractivity contribution is -0.384. The molecule has 2 aromatic carbocycles. The lowest BCUT2D eigenvalue weighted by atomic mass is 10.1. The molecule has 3 rings (SSSR count). The number of H-pyrrole nitrogens is 1. The Morgan fingerprint density at radius 3 is 2.59 bits per heavy atom. The Kier molecular flexibility index (Phi) is 6.08. The molecule has 1 heterocycles. The van der Waals surface area contributed by atoms with Crippen molar-refractivity contribution in [3.63, 3.8) is 0 Å². The summed E-state index contributed by atoms with van der Waals surface area (Å²) in [7, 11) is 1.24. The number of fused-ring (bicyclic) bond motifs is 1. The van der Waals surface area contributed by atoms with Crippen molar-refractivity contribution in [2.75, 3.05) is 7.11 Å². The first-order valence-electron chi connectivity index (χ1n) is 8.77. The van der Waals surface area contributed by atoms with Gasteiger partial charge in [0.1, 0.15) is 12.6 Å². The van der Waals surface area contributed by atoms with Crippen LogP contribution in [0.15, 0.2) is 54.7 Å². The molecular weight excluding hydrogens is 378 g/mol. The minimum absolute atomic E-state index is 0.0531. The predicted molar refractivity (Wildman–Crippen MR) is 104 cm³/mol. The van der Waals surface area contributed by atoms with Crippen LogP contribution in [0.3, 0.4) is 0 Å². The number of para-hydroxylation sites is 1. The number of benzene rings is 2. The topological polar surface area (TPSA) is 124 Å². The van der Waals surface area contributed by atoms with Gasteiger partial charge in [-0.25, -0.2) is 9.59 Å². The second-order valence-electron chi connectivity index (χ2n) is 6.28. The number of amides is 1. The summed E-state index contributed by atoms with van der Waals surface area (Å²) >= 11 is 0. The Hall–Kier alpha value is -3.88. The molecule has 29 heavy (non-hydrogen) atoms. The van der Waals surface area contributed by atoms with Gasteiger partial charge in [-0.2, -0.15) is 0 Å². The highest BCUT2D eigenvalue weighted by molar-refractivity contribution is 5.86. The maximum atomic E-state index is 12.2. The Bertz CT molecular complexity index is 1030. The first-order chi connectivity index (χ1) is 14.0. The van der Waals surface area contributed by atoms with E-state index >= 15 is 0 Å². The van der Waals surface area contributed by atoms with Crippen LogP contribution in [0, 0.1) is 10.1 Å². The first-order valence-corrected chi connectivity index (χ1v) is 8.77. The fourth-order valence-electron chi connectivity index (χ4n) is 2.90. The number of rotatable bonds is 7. The molecule has 9 nitrogen and oxygen atoms in total. The minimum Gasteiger partial charge on any atom is -0.467 e. The number of carbonyl (C=O) groups excluding carboxylic acids is 2. The van der Waals surface area contributed by atoms with Gasteiger partial charge in [0.05, 0.1) is 12.0 Å². The van der Waals surface area contributed by atoms with E-state index in [-0.39, 0.29) is 18.7 Å². The first kappa shape index (κ1) is 19.9. The number of ether oxygens (including phenoxy) is 2. The molecule has 9 heteroatoms. The van der Waals surface area contributed by atoms with E-state index in [2.05, 4.69) is 10.3 Å². The highest BCUT2D eigenvalue weighted by atomic mass is 16.6. The minimum atomic E-state index is -0.927. The Balaban J connectivity index is 1.63. The van der Waals surface area contributed by atoms with E-state index < -0.39 is 23.0 Å². The van der Waals surface area contributed by atoms with Gasteiger partial charge in [0.2, 0.25) is 0 Å². The molecule has 0 fully saturated rings. The molecular formula is C20H19N3O6. The quantitative estimate of drug-likeness (QED) is 0.359. The molecule has 0 aliphatic rings. The van der Waals surface area contributed by atoms with Gasteiger partial charge in [-0.05, 0) is 29.3 Å². The van der Waals surface area contributed by atoms with E-state index in [0.29, 0.717) is 5.56 Å². The van der Waals surface area contributed by atoms with Crippen molar-refractivity contribution in [3.8, 4) is 0 Å². The highest BCUT2D eigenvalue weighted by Gasteiger charge is 2.24. The van der Waals surface area contributed by atoms with Gasteiger partial charge in [0.15, 0.2) is 0 Å². The molecule has 0 bridgehead atoms. The zero-order valence-electron chi connectivity index (χ0n) is 15.6. The second kappa shape index (κ2) is 8.87. The maximum absolute atomic E-state index is 12.2. The molecule has 1 aromatic heterocycles. The van der Waals surface area contributed by atoms with E-state index in [0.717, 1.165) is 16.5 Å². The molecule has 1 amide bonds. The van der Waals surface area contributed by atoms with Crippen LogP contribution in [-0.2, 0) is 27.3 Å². The van der Waals surface area contributed by atoms with Crippen molar-refractivity contribution in [1.82, 2.24) is 10.3 Å². The van der Waals surface area contributed by atoms with Crippen LogP contribution in [0.25, 0.3) is 10.9 Å². The van der Waals surface area contributed by atoms with Gasteiger partial charge in [0.25, 0.3) is 5.69 Å². The molecule has 0 spiro atoms. The van der Waals surface area contributed by atoms with Gasteiger partial charge in [-0.3, -0.25) is 10.1 Å². The lowest BCUT2D eigenvalue weighted by Gasteiger charge is -2.16. The van der Waals surface area contributed by atoms with E-state index in [1.165, 1.54) is 31.4 Å². The molecule has 150 valence electrons. The van der Waals surface area contributed by atoms with Gasteiger partial charge >= 0.3 is 12.1 Å². The number of nitrogens with one attached hydrogen (secondary N) is 2. The predicted octanol–water partition coefficient (Wildman–Crippen LogP) is 3.09. The molecule has 0 aliphatic heterocycles. The van der Waals surface area contributed by atoms with Crippen LogP contribution in [0.1, 0.15) is 11.1 Å². The average molecular weight is 397 g/mol. The molecule has 2 N–H and O–H groups in total. The zero-order chi connectivity index (χ0) is 20.8. The van der Waals surface area contributed by atoms with Crippen LogP contribution in [0.5, 0.6) is 0 Å². The Labute approximate surface area is 165 Å². The Morgan fingerprint density at radius 1 is 1.17 bits per heavy atom. The van der Waals surface area contributed by atoms with Crippen molar-refractivity contribution >= 4 is 28.7 Å². The number of methoxy groups -OCH3 is 1. The molecule has 1 atom stereocenters. The fourth-order valence-corrected chi connectivity index (χ4v) is 2.90. The summed E-state index contributed by atoms with van der Waals surface area (Å²) in [6, 6.07) is 12.3. The summed E-state index contributed by atoms with van der Waals surface area (Å²) in [5.41, 5.74) is 2.30. The zero-order valence-corrected chi connectivity index (χ0v) is 15.6. The SMILES string of the molecule is COC(=O)[C@H](Cc1c[nH]c2ccccc12)NC(=O)OCc1ccc([N+](=O)[O-])cc1. The number of esters is 1. The molecule has 0 unspecified atom stereocenters. The van der Waals surface area contributed by atoms with Crippen molar-refractivity contribution in [2.45, 2.75) is 19.1 Å². The van der Waals surface area contributed by atoms with E-state index in [1.807, 2.05) is 24.3 Å². The van der Waals surface area contributed by atoms with Crippen LogP contribution in [0.4, 0.5) is 10.5 Å². The third-order valence-corrected chi connectivity index (χ3v) is 4.39. The van der Waals surface area contributed by atoms with Crippen LogP contribution < -0.4 is 5.32 Å². The number of nitro groups is 1. The summed E-state index contributed by atoms with van der Waals surface area (Å²) in [6.45, 7) is -0.0925. The van der Waals surface area contributed by atoms with Gasteiger partial charge in [0, 0.05) is 35.7 Å². The summed E-state index contributed by atoms with van der Waals surface area (Å²) in [5, 5.41) is 14.1. The summed E-state index contributed by atoms with van der Waals surface area (Å²) in [5.74, 6) is -0.595. The Morgan fingerprint density at radius 2 is 1.90 bits per heavy atom. The number of nitro benzene ring substituents is 1. The lowest BCUT2D eigenvalue weighted by Crippen LogP contribution is -2.43. The van der Waals surface area contributed by atoms with E-state index in [4.69, 9.17) is 9.47 Å². The monoisotopic (exact) mass is 397 g/mol. The molecule has 3 aromatic rings. The summed E-state index contributed by atoms with van der Waals surface area (Å²) in [4.78, 5) is 37.6. The average Bonchev–Trinajstić information content (AvgIpc) is 3.14. The van der Waals surface area contributed by atoms with Crippen LogP contribution in [0.2, 0.25) is 0 Å². The van der Waals surface area contributed by atoms with Crippen molar-refractivity contribution in [3.05, 3.63) is 76.0 Å². The largest absolute Gasteiger partial charge is 0.467 e. The summed E-state index contributed by atoms with van der Waals surface area (Å²) < 4.78 is 9.91. The summed E-state index contributed by atoms with van der Waals surface area (Å²) in [6.07, 6.45) is 1.21. The highest BCUT2D eigenvalue weighted by Crippen LogP contribution is 2.19. The smallest absolute Gasteiger partial charge is 0.408 e. The van der Waals surface area contributed by atoms with Crippen molar-refractivity contribution in [2.24, 2.45) is 0 Å².